The minimum absolute atomic E-state index is 0.000257. The number of aryl methyl sites for hydroxylation is 1. The third-order valence-electron chi connectivity index (χ3n) is 3.83. The molecule has 0 amide bonds. The molecule has 0 aromatic heterocycles. The van der Waals surface area contributed by atoms with E-state index >= 15 is 0 Å². The second kappa shape index (κ2) is 10.4. The van der Waals surface area contributed by atoms with E-state index in [1.54, 1.807) is 0 Å². The Balaban J connectivity index is 1.48. The third-order valence-corrected chi connectivity index (χ3v) is 4.33. The van der Waals surface area contributed by atoms with Gasteiger partial charge in [-0.2, -0.15) is 0 Å². The number of hydrogen-bond donors (Lipinski definition) is 0. The molecular weight excluding hydrogens is 344 g/mol. The highest BCUT2D eigenvalue weighted by Crippen LogP contribution is 2.16. The highest BCUT2D eigenvalue weighted by molar-refractivity contribution is 9.10. The summed E-state index contributed by atoms with van der Waals surface area (Å²) >= 11 is 3.50. The predicted octanol–water partition coefficient (Wildman–Crippen LogP) is 4.72. The summed E-state index contributed by atoms with van der Waals surface area (Å²) in [6.07, 6.45) is 6.64. The van der Waals surface area contributed by atoms with Crippen LogP contribution in [0.25, 0.3) is 0 Å². The second-order valence-electron chi connectivity index (χ2n) is 5.88. The van der Waals surface area contributed by atoms with E-state index in [0.717, 1.165) is 56.4 Å². The topological polar surface area (TPSA) is 27.7 Å². The predicted molar refractivity (Wildman–Crippen MR) is 92.0 cm³/mol. The number of ether oxygens (including phenoxy) is 3. The lowest BCUT2D eigenvalue weighted by atomic mass is 10.1. The molecule has 1 heterocycles. The zero-order chi connectivity index (χ0) is 15.6. The SMILES string of the molecule is CC(CCOCCCc1cccc(Br)c1)OC1CCCCO1. The Bertz CT molecular complexity index is 419. The molecule has 4 heteroatoms. The Morgan fingerprint density at radius 2 is 2.23 bits per heavy atom. The lowest BCUT2D eigenvalue weighted by Crippen LogP contribution is -2.27. The number of halogens is 1. The zero-order valence-electron chi connectivity index (χ0n) is 13.4. The van der Waals surface area contributed by atoms with Gasteiger partial charge in [-0.3, -0.25) is 0 Å². The van der Waals surface area contributed by atoms with Gasteiger partial charge in [0.1, 0.15) is 0 Å². The smallest absolute Gasteiger partial charge is 0.157 e. The van der Waals surface area contributed by atoms with Crippen LogP contribution < -0.4 is 0 Å². The lowest BCUT2D eigenvalue weighted by Gasteiger charge is -2.26. The van der Waals surface area contributed by atoms with Gasteiger partial charge < -0.3 is 14.2 Å². The molecule has 1 aromatic carbocycles. The van der Waals surface area contributed by atoms with Crippen LogP contribution in [0.15, 0.2) is 28.7 Å². The Hall–Kier alpha value is -0.420. The highest BCUT2D eigenvalue weighted by Gasteiger charge is 2.16. The van der Waals surface area contributed by atoms with E-state index in [-0.39, 0.29) is 12.4 Å². The molecule has 1 aliphatic heterocycles. The maximum Gasteiger partial charge on any atom is 0.157 e. The fraction of sp³-hybridized carbons (Fsp3) is 0.667. The first-order valence-electron chi connectivity index (χ1n) is 8.33. The van der Waals surface area contributed by atoms with Crippen molar-refractivity contribution in [3.63, 3.8) is 0 Å². The monoisotopic (exact) mass is 370 g/mol. The molecule has 0 N–H and O–H groups in total. The highest BCUT2D eigenvalue weighted by atomic mass is 79.9. The fourth-order valence-electron chi connectivity index (χ4n) is 2.57. The largest absolute Gasteiger partial charge is 0.381 e. The van der Waals surface area contributed by atoms with Gasteiger partial charge in [0.05, 0.1) is 6.10 Å². The van der Waals surface area contributed by atoms with Crippen LogP contribution >= 0.6 is 15.9 Å². The Morgan fingerprint density at radius 3 is 3.00 bits per heavy atom. The van der Waals surface area contributed by atoms with E-state index in [1.807, 2.05) is 0 Å². The maximum absolute atomic E-state index is 5.87. The van der Waals surface area contributed by atoms with Gasteiger partial charge in [-0.15, -0.1) is 0 Å². The molecule has 1 aromatic rings. The maximum atomic E-state index is 5.87. The van der Waals surface area contributed by atoms with Gasteiger partial charge in [0.15, 0.2) is 6.29 Å². The summed E-state index contributed by atoms with van der Waals surface area (Å²) in [5, 5.41) is 0. The van der Waals surface area contributed by atoms with Gasteiger partial charge in [-0.25, -0.2) is 0 Å². The average molecular weight is 371 g/mol. The van der Waals surface area contributed by atoms with Gasteiger partial charge in [0, 0.05) is 24.3 Å². The van der Waals surface area contributed by atoms with E-state index < -0.39 is 0 Å². The molecule has 124 valence electrons. The van der Waals surface area contributed by atoms with Crippen molar-refractivity contribution in [2.75, 3.05) is 19.8 Å². The zero-order valence-corrected chi connectivity index (χ0v) is 15.0. The van der Waals surface area contributed by atoms with Crippen molar-refractivity contribution in [3.8, 4) is 0 Å². The number of benzene rings is 1. The van der Waals surface area contributed by atoms with Crippen LogP contribution in [0.1, 0.15) is 44.6 Å². The van der Waals surface area contributed by atoms with Crippen molar-refractivity contribution in [3.05, 3.63) is 34.3 Å². The van der Waals surface area contributed by atoms with Crippen LogP contribution in [-0.4, -0.2) is 32.2 Å². The summed E-state index contributed by atoms with van der Waals surface area (Å²) in [5.41, 5.74) is 1.35. The normalized spacial score (nSPS) is 20.0. The van der Waals surface area contributed by atoms with Crippen LogP contribution in [0.3, 0.4) is 0 Å². The summed E-state index contributed by atoms with van der Waals surface area (Å²) in [7, 11) is 0. The van der Waals surface area contributed by atoms with Gasteiger partial charge in [-0.1, -0.05) is 28.1 Å². The second-order valence-corrected chi connectivity index (χ2v) is 6.79. The summed E-state index contributed by atoms with van der Waals surface area (Å²) in [5.74, 6) is 0. The summed E-state index contributed by atoms with van der Waals surface area (Å²) in [4.78, 5) is 0. The van der Waals surface area contributed by atoms with E-state index in [2.05, 4.69) is 47.1 Å². The molecule has 0 radical (unpaired) electrons. The minimum atomic E-state index is 0.000257. The Labute approximate surface area is 142 Å². The molecule has 0 saturated carbocycles. The van der Waals surface area contributed by atoms with Gasteiger partial charge in [0.25, 0.3) is 0 Å². The van der Waals surface area contributed by atoms with E-state index in [4.69, 9.17) is 14.2 Å². The van der Waals surface area contributed by atoms with E-state index in [0.29, 0.717) is 0 Å². The molecule has 1 fully saturated rings. The minimum Gasteiger partial charge on any atom is -0.381 e. The van der Waals surface area contributed by atoms with E-state index in [1.165, 1.54) is 12.0 Å². The molecule has 2 atom stereocenters. The lowest BCUT2D eigenvalue weighted by molar-refractivity contribution is -0.187. The van der Waals surface area contributed by atoms with Crippen molar-refractivity contribution in [2.45, 2.75) is 57.8 Å². The molecular formula is C18H27BrO3. The van der Waals surface area contributed by atoms with E-state index in [9.17, 15) is 0 Å². The first kappa shape index (κ1) is 17.9. The molecule has 2 rings (SSSR count). The van der Waals surface area contributed by atoms with Gasteiger partial charge in [0.2, 0.25) is 0 Å². The van der Waals surface area contributed by atoms with Gasteiger partial charge in [-0.05, 0) is 63.1 Å². The van der Waals surface area contributed by atoms with Crippen LogP contribution in [0.5, 0.6) is 0 Å². The van der Waals surface area contributed by atoms with Gasteiger partial charge >= 0.3 is 0 Å². The fourth-order valence-corrected chi connectivity index (χ4v) is 3.01. The molecule has 1 saturated heterocycles. The first-order chi connectivity index (χ1) is 10.7. The molecule has 2 unspecified atom stereocenters. The summed E-state index contributed by atoms with van der Waals surface area (Å²) in [6.45, 7) is 4.50. The van der Waals surface area contributed by atoms with Crippen LogP contribution in [0.2, 0.25) is 0 Å². The summed E-state index contributed by atoms with van der Waals surface area (Å²) in [6, 6.07) is 8.45. The van der Waals surface area contributed by atoms with Crippen molar-refractivity contribution in [2.24, 2.45) is 0 Å². The summed E-state index contributed by atoms with van der Waals surface area (Å²) < 4.78 is 18.3. The molecule has 0 spiro atoms. The third kappa shape index (κ3) is 7.23. The van der Waals surface area contributed by atoms with Crippen LogP contribution in [0.4, 0.5) is 0 Å². The average Bonchev–Trinajstić information content (AvgIpc) is 2.52. The van der Waals surface area contributed by atoms with Crippen molar-refractivity contribution in [1.82, 2.24) is 0 Å². The number of hydrogen-bond acceptors (Lipinski definition) is 3. The van der Waals surface area contributed by atoms with Crippen molar-refractivity contribution < 1.29 is 14.2 Å². The molecule has 3 nitrogen and oxygen atoms in total. The van der Waals surface area contributed by atoms with Crippen molar-refractivity contribution >= 4 is 15.9 Å². The Kier molecular flexibility index (Phi) is 8.45. The first-order valence-corrected chi connectivity index (χ1v) is 9.12. The molecule has 22 heavy (non-hydrogen) atoms. The van der Waals surface area contributed by atoms with Crippen LogP contribution in [-0.2, 0) is 20.6 Å². The van der Waals surface area contributed by atoms with Crippen molar-refractivity contribution in [1.29, 1.82) is 0 Å². The van der Waals surface area contributed by atoms with Crippen LogP contribution in [0, 0.1) is 0 Å². The quantitative estimate of drug-likeness (QED) is 0.588. The number of rotatable bonds is 9. The molecule has 0 aliphatic carbocycles. The molecule has 1 aliphatic rings. The Morgan fingerprint density at radius 1 is 1.32 bits per heavy atom. The molecule has 0 bridgehead atoms. The standard InChI is InChI=1S/C18H27BrO3/c1-15(22-18-9-2-3-12-21-18)10-13-20-11-5-7-16-6-4-8-17(19)14-16/h4,6,8,14-15,18H,2-3,5,7,9-13H2,1H3.